The van der Waals surface area contributed by atoms with Gasteiger partial charge in [0, 0.05) is 37.4 Å². The molecule has 2 atom stereocenters. The maximum absolute atomic E-state index is 14.2. The predicted octanol–water partition coefficient (Wildman–Crippen LogP) is 3.82. The molecular weight excluding hydrogens is 372 g/mol. The number of likely N-dealkylation sites (tertiary alicyclic amines) is 1. The minimum Gasteiger partial charge on any atom is -0.355 e. The lowest BCUT2D eigenvalue weighted by atomic mass is 10.0. The van der Waals surface area contributed by atoms with Crippen molar-refractivity contribution in [2.24, 2.45) is 5.92 Å². The number of nitrogens with zero attached hydrogens (tertiary/aromatic N) is 4. The van der Waals surface area contributed by atoms with Crippen LogP contribution in [0, 0.1) is 23.1 Å². The molecule has 0 saturated carbocycles. The Labute approximate surface area is 160 Å². The van der Waals surface area contributed by atoms with E-state index in [2.05, 4.69) is 9.88 Å². The quantitative estimate of drug-likeness (QED) is 0.748. The van der Waals surface area contributed by atoms with Gasteiger partial charge in [0.2, 0.25) is 0 Å². The van der Waals surface area contributed by atoms with Crippen molar-refractivity contribution in [3.63, 3.8) is 0 Å². The molecule has 2 aliphatic heterocycles. The van der Waals surface area contributed by atoms with Gasteiger partial charge in [-0.1, -0.05) is 6.07 Å². The summed E-state index contributed by atoms with van der Waals surface area (Å²) in [6.07, 6.45) is -2.29. The first kappa shape index (κ1) is 18.7. The first-order valence-electron chi connectivity index (χ1n) is 9.06. The van der Waals surface area contributed by atoms with E-state index in [-0.39, 0.29) is 11.6 Å². The zero-order valence-corrected chi connectivity index (χ0v) is 15.0. The van der Waals surface area contributed by atoms with Crippen molar-refractivity contribution in [1.82, 2.24) is 9.88 Å². The third-order valence-electron chi connectivity index (χ3n) is 5.62. The lowest BCUT2D eigenvalue weighted by molar-refractivity contribution is -0.137. The maximum atomic E-state index is 14.2. The number of benzene rings is 1. The molecule has 8 heteroatoms. The molecule has 4 rings (SSSR count). The highest BCUT2D eigenvalue weighted by atomic mass is 19.4. The van der Waals surface area contributed by atoms with Crippen LogP contribution in [0.25, 0.3) is 0 Å². The van der Waals surface area contributed by atoms with E-state index in [0.29, 0.717) is 36.9 Å². The fourth-order valence-electron chi connectivity index (χ4n) is 4.16. The van der Waals surface area contributed by atoms with Crippen LogP contribution in [-0.2, 0) is 12.7 Å². The second kappa shape index (κ2) is 7.06. The fourth-order valence-corrected chi connectivity index (χ4v) is 4.16. The summed E-state index contributed by atoms with van der Waals surface area (Å²) in [6, 6.07) is 8.58. The summed E-state index contributed by atoms with van der Waals surface area (Å²) in [5.41, 5.74) is 0.101. The van der Waals surface area contributed by atoms with Gasteiger partial charge >= 0.3 is 6.18 Å². The molecule has 0 spiro atoms. The van der Waals surface area contributed by atoms with Gasteiger partial charge in [0.05, 0.1) is 17.2 Å². The maximum Gasteiger partial charge on any atom is 0.416 e. The van der Waals surface area contributed by atoms with Crippen LogP contribution in [0.15, 0.2) is 36.5 Å². The Morgan fingerprint density at radius 2 is 2.00 bits per heavy atom. The van der Waals surface area contributed by atoms with E-state index in [4.69, 9.17) is 5.26 Å². The highest BCUT2D eigenvalue weighted by molar-refractivity contribution is 5.44. The summed E-state index contributed by atoms with van der Waals surface area (Å²) in [4.78, 5) is 8.17. The number of hydrogen-bond donors (Lipinski definition) is 0. The van der Waals surface area contributed by atoms with Gasteiger partial charge in [0.25, 0.3) is 0 Å². The second-order valence-electron chi connectivity index (χ2n) is 7.31. The molecule has 0 amide bonds. The average Bonchev–Trinajstić information content (AvgIpc) is 3.24. The number of aromatic nitrogens is 1. The molecule has 3 heterocycles. The van der Waals surface area contributed by atoms with Gasteiger partial charge < -0.3 is 4.90 Å². The zero-order chi connectivity index (χ0) is 19.9. The number of anilines is 1. The number of alkyl halides is 3. The largest absolute Gasteiger partial charge is 0.416 e. The Morgan fingerprint density at radius 3 is 2.71 bits per heavy atom. The lowest BCUT2D eigenvalue weighted by Crippen LogP contribution is -2.35. The van der Waals surface area contributed by atoms with Crippen LogP contribution in [0.5, 0.6) is 0 Å². The van der Waals surface area contributed by atoms with E-state index in [1.165, 1.54) is 12.3 Å². The highest BCUT2D eigenvalue weighted by Crippen LogP contribution is 2.36. The van der Waals surface area contributed by atoms with Crippen LogP contribution in [0.3, 0.4) is 0 Å². The van der Waals surface area contributed by atoms with E-state index in [1.54, 1.807) is 12.1 Å². The van der Waals surface area contributed by atoms with Gasteiger partial charge in [0.1, 0.15) is 11.6 Å². The first-order valence-corrected chi connectivity index (χ1v) is 9.06. The van der Waals surface area contributed by atoms with Crippen LogP contribution in [0.2, 0.25) is 0 Å². The summed E-state index contributed by atoms with van der Waals surface area (Å²) in [7, 11) is 0. The summed E-state index contributed by atoms with van der Waals surface area (Å²) in [5, 5.41) is 8.86. The standard InChI is InChI=1S/C20H18F4N4/c21-17-7-13(9-25)1-2-14(17)10-27-6-4-15-11-28(12-18(15)27)19-8-16(3-5-26-19)20(22,23)24/h1-3,5,7-8,15,18H,4,6,10-12H2. The number of pyridine rings is 1. The van der Waals surface area contributed by atoms with Crippen molar-refractivity contribution in [3.05, 3.63) is 59.0 Å². The van der Waals surface area contributed by atoms with Gasteiger partial charge in [-0.2, -0.15) is 18.4 Å². The van der Waals surface area contributed by atoms with Crippen LogP contribution >= 0.6 is 0 Å². The first-order chi connectivity index (χ1) is 13.3. The molecule has 2 saturated heterocycles. The van der Waals surface area contributed by atoms with Crippen molar-refractivity contribution >= 4 is 5.82 Å². The van der Waals surface area contributed by atoms with Crippen molar-refractivity contribution < 1.29 is 17.6 Å². The number of rotatable bonds is 3. The molecule has 0 N–H and O–H groups in total. The van der Waals surface area contributed by atoms with E-state index in [1.807, 2.05) is 11.0 Å². The smallest absolute Gasteiger partial charge is 0.355 e. The fraction of sp³-hybridized carbons (Fsp3) is 0.400. The Balaban J connectivity index is 1.48. The van der Waals surface area contributed by atoms with Crippen LogP contribution < -0.4 is 4.90 Å². The van der Waals surface area contributed by atoms with Crippen molar-refractivity contribution in [1.29, 1.82) is 5.26 Å². The topological polar surface area (TPSA) is 43.2 Å². The molecule has 0 aliphatic carbocycles. The second-order valence-corrected chi connectivity index (χ2v) is 7.31. The number of hydrogen-bond acceptors (Lipinski definition) is 4. The van der Waals surface area contributed by atoms with Gasteiger partial charge in [-0.25, -0.2) is 9.37 Å². The Hall–Kier alpha value is -2.66. The molecule has 2 fully saturated rings. The van der Waals surface area contributed by atoms with Crippen LogP contribution in [-0.4, -0.2) is 35.6 Å². The summed E-state index contributed by atoms with van der Waals surface area (Å²) in [5.74, 6) is 0.239. The Bertz CT molecular complexity index is 921. The van der Waals surface area contributed by atoms with Crippen molar-refractivity contribution in [3.8, 4) is 6.07 Å². The van der Waals surface area contributed by atoms with Crippen molar-refractivity contribution in [2.75, 3.05) is 24.5 Å². The SMILES string of the molecule is N#Cc1ccc(CN2CCC3CN(c4cc(C(F)(F)F)ccn4)CC32)c(F)c1. The highest BCUT2D eigenvalue weighted by Gasteiger charge is 2.42. The molecule has 28 heavy (non-hydrogen) atoms. The van der Waals surface area contributed by atoms with E-state index in [9.17, 15) is 17.6 Å². The molecule has 146 valence electrons. The van der Waals surface area contributed by atoms with Crippen LogP contribution in [0.1, 0.15) is 23.1 Å². The van der Waals surface area contributed by atoms with Crippen LogP contribution in [0.4, 0.5) is 23.4 Å². The normalized spacial score (nSPS) is 22.3. The predicted molar refractivity (Wildman–Crippen MR) is 94.9 cm³/mol. The molecule has 0 radical (unpaired) electrons. The van der Waals surface area contributed by atoms with Gasteiger partial charge in [0.15, 0.2) is 0 Å². The average molecular weight is 390 g/mol. The molecule has 2 aliphatic rings. The molecule has 2 unspecified atom stereocenters. The Morgan fingerprint density at radius 1 is 1.18 bits per heavy atom. The summed E-state index contributed by atoms with van der Waals surface area (Å²) >= 11 is 0. The molecule has 1 aromatic heterocycles. The van der Waals surface area contributed by atoms with E-state index < -0.39 is 17.6 Å². The van der Waals surface area contributed by atoms with Gasteiger partial charge in [-0.05, 0) is 43.1 Å². The number of fused-ring (bicyclic) bond motifs is 1. The summed E-state index contributed by atoms with van der Waals surface area (Å²) in [6.45, 7) is 2.45. The molecular formula is C20H18F4N4. The monoisotopic (exact) mass is 390 g/mol. The molecule has 1 aromatic carbocycles. The third-order valence-corrected chi connectivity index (χ3v) is 5.62. The van der Waals surface area contributed by atoms with Gasteiger partial charge in [-0.3, -0.25) is 4.90 Å². The molecule has 4 nitrogen and oxygen atoms in total. The van der Waals surface area contributed by atoms with Crippen molar-refractivity contribution in [2.45, 2.75) is 25.2 Å². The van der Waals surface area contributed by atoms with Gasteiger partial charge in [-0.15, -0.1) is 0 Å². The number of halogens is 4. The Kier molecular flexibility index (Phi) is 4.71. The molecule has 0 bridgehead atoms. The minimum atomic E-state index is -4.40. The number of nitriles is 1. The lowest BCUT2D eigenvalue weighted by Gasteiger charge is -2.25. The summed E-state index contributed by atoms with van der Waals surface area (Å²) < 4.78 is 53.1. The minimum absolute atomic E-state index is 0.145. The third kappa shape index (κ3) is 3.54. The van der Waals surface area contributed by atoms with E-state index in [0.717, 1.165) is 25.1 Å². The van der Waals surface area contributed by atoms with E-state index >= 15 is 0 Å². The molecule has 2 aromatic rings. The zero-order valence-electron chi connectivity index (χ0n) is 15.0.